The lowest BCUT2D eigenvalue weighted by Gasteiger charge is -2.41. The fraction of sp³-hybridized carbons (Fsp3) is 0.709. The second-order valence-corrected chi connectivity index (χ2v) is 21.1. The number of imide groups is 1. The van der Waals surface area contributed by atoms with Crippen LogP contribution in [0.25, 0.3) is 0 Å². The Labute approximate surface area is 438 Å². The highest BCUT2D eigenvalue weighted by atomic mass is 16.7. The molecular weight excluding hydrogens is 955 g/mol. The van der Waals surface area contributed by atoms with Gasteiger partial charge in [-0.25, -0.2) is 9.59 Å². The summed E-state index contributed by atoms with van der Waals surface area (Å²) in [5.41, 5.74) is 0.683. The van der Waals surface area contributed by atoms with Gasteiger partial charge < -0.3 is 48.9 Å². The van der Waals surface area contributed by atoms with Crippen LogP contribution in [0.2, 0.25) is 0 Å². The van der Waals surface area contributed by atoms with Crippen molar-refractivity contribution in [2.75, 3.05) is 41.5 Å². The molecule has 2 heterocycles. The van der Waals surface area contributed by atoms with Crippen molar-refractivity contribution in [3.63, 3.8) is 0 Å². The Balaban J connectivity index is 1.38. The summed E-state index contributed by atoms with van der Waals surface area (Å²) in [4.78, 5) is 116. The lowest BCUT2D eigenvalue weighted by Crippen LogP contribution is -2.55. The summed E-state index contributed by atoms with van der Waals surface area (Å²) in [6.07, 6.45) is 3.41. The summed E-state index contributed by atoms with van der Waals surface area (Å²) >= 11 is 0. The zero-order valence-electron chi connectivity index (χ0n) is 45.9. The van der Waals surface area contributed by atoms with Crippen molar-refractivity contribution in [3.05, 3.63) is 48.0 Å². The maximum atomic E-state index is 14.8. The molecule has 1 aromatic carbocycles. The first-order valence-electron chi connectivity index (χ1n) is 26.5. The van der Waals surface area contributed by atoms with Crippen LogP contribution in [0.15, 0.2) is 42.5 Å². The number of carbonyl (C=O) groups excluding carboxylic acids is 8. The number of Topliss-reactive ketones (excluding diaryl/α,β-unsaturated/α-hetero) is 1. The third kappa shape index (κ3) is 16.4. The molecule has 1 aliphatic carbocycles. The number of aliphatic hydroxyl groups is 1. The summed E-state index contributed by atoms with van der Waals surface area (Å²) in [5.74, 6) is -5.19. The minimum atomic E-state index is -0.916. The number of likely N-dealkylation sites (tertiary alicyclic amines) is 1. The molecule has 2 saturated heterocycles. The van der Waals surface area contributed by atoms with Crippen LogP contribution >= 0.6 is 0 Å². The zero-order chi connectivity index (χ0) is 55.0. The van der Waals surface area contributed by atoms with Gasteiger partial charge in [-0.1, -0.05) is 91.3 Å². The van der Waals surface area contributed by atoms with E-state index in [1.165, 1.54) is 26.2 Å². The largest absolute Gasteiger partial charge is 0.442 e. The van der Waals surface area contributed by atoms with Crippen LogP contribution in [0.5, 0.6) is 0 Å². The molecule has 74 heavy (non-hydrogen) atoms. The monoisotopic (exact) mass is 1040 g/mol. The Morgan fingerprint density at radius 2 is 1.50 bits per heavy atom. The summed E-state index contributed by atoms with van der Waals surface area (Å²) in [6, 6.07) is 6.67. The van der Waals surface area contributed by atoms with Crippen LogP contribution in [0.3, 0.4) is 0 Å². The average Bonchev–Trinajstić information content (AvgIpc) is 3.98. The maximum Gasteiger partial charge on any atom is 0.410 e. The fourth-order valence-electron chi connectivity index (χ4n) is 10.6. The number of nitrogens with one attached hydrogen (secondary N) is 1. The lowest BCUT2D eigenvalue weighted by atomic mass is 9.83. The number of methoxy groups -OCH3 is 2. The number of hydroxylamine groups is 2. The van der Waals surface area contributed by atoms with Gasteiger partial charge in [-0.15, -0.1) is 5.06 Å². The van der Waals surface area contributed by atoms with E-state index in [-0.39, 0.29) is 73.0 Å². The van der Waals surface area contributed by atoms with Crippen LogP contribution in [0.1, 0.15) is 138 Å². The summed E-state index contributed by atoms with van der Waals surface area (Å²) in [7, 11) is 6.28. The number of benzene rings is 1. The smallest absolute Gasteiger partial charge is 0.410 e. The molecule has 2 unspecified atom stereocenters. The topological polar surface area (TPSA) is 228 Å². The van der Waals surface area contributed by atoms with Crippen LogP contribution in [0, 0.1) is 29.6 Å². The minimum absolute atomic E-state index is 0.00843. The number of hydrogen-bond donors (Lipinski definition) is 2. The van der Waals surface area contributed by atoms with Crippen LogP contribution in [-0.2, 0) is 57.3 Å². The van der Waals surface area contributed by atoms with E-state index in [2.05, 4.69) is 5.32 Å². The van der Waals surface area contributed by atoms with Gasteiger partial charge >= 0.3 is 12.1 Å². The molecular formula is C55H85N5O14. The molecule has 0 aromatic heterocycles. The molecule has 19 heteroatoms. The number of ketones is 1. The van der Waals surface area contributed by atoms with Gasteiger partial charge in [0.2, 0.25) is 17.7 Å². The molecule has 1 aromatic rings. The molecule has 414 valence electrons. The zero-order valence-corrected chi connectivity index (χ0v) is 45.9. The van der Waals surface area contributed by atoms with Gasteiger partial charge in [-0.05, 0) is 74.8 Å². The Bertz CT molecular complexity index is 2070. The normalized spacial score (nSPS) is 22.3. The quantitative estimate of drug-likeness (QED) is 0.0807. The molecule has 0 bridgehead atoms. The second kappa shape index (κ2) is 29.2. The van der Waals surface area contributed by atoms with E-state index in [1.807, 2.05) is 59.7 Å². The van der Waals surface area contributed by atoms with E-state index in [1.54, 1.807) is 55.0 Å². The number of hydrogen-bond acceptors (Lipinski definition) is 14. The Morgan fingerprint density at radius 1 is 0.838 bits per heavy atom. The van der Waals surface area contributed by atoms with Crippen LogP contribution in [-0.4, -0.2) is 162 Å². The van der Waals surface area contributed by atoms with Gasteiger partial charge in [-0.3, -0.25) is 28.8 Å². The van der Waals surface area contributed by atoms with Gasteiger partial charge in [-0.2, -0.15) is 0 Å². The van der Waals surface area contributed by atoms with Gasteiger partial charge in [0.1, 0.15) is 12.7 Å². The number of nitrogens with zero attached hydrogens (tertiary/aromatic N) is 4. The molecule has 3 aliphatic rings. The average molecular weight is 1040 g/mol. The van der Waals surface area contributed by atoms with Crippen molar-refractivity contribution in [1.82, 2.24) is 25.1 Å². The first kappa shape index (κ1) is 61.3. The molecule has 6 amide bonds. The predicted molar refractivity (Wildman–Crippen MR) is 274 cm³/mol. The number of likely N-dealkylation sites (N-methyl/N-ethyl adjacent to an activating group) is 2. The molecule has 0 spiro atoms. The molecule has 0 saturated carbocycles. The van der Waals surface area contributed by atoms with Crippen molar-refractivity contribution < 1.29 is 67.2 Å². The third-order valence-corrected chi connectivity index (χ3v) is 15.1. The summed E-state index contributed by atoms with van der Waals surface area (Å²) < 4.78 is 23.7. The second-order valence-electron chi connectivity index (χ2n) is 21.1. The first-order valence-corrected chi connectivity index (χ1v) is 26.5. The number of amides is 6. The van der Waals surface area contributed by atoms with Crippen molar-refractivity contribution in [2.45, 2.75) is 181 Å². The van der Waals surface area contributed by atoms with E-state index < -0.39 is 90.9 Å². The number of aliphatic hydroxyl groups excluding tert-OH is 1. The fourth-order valence-corrected chi connectivity index (χ4v) is 10.6. The van der Waals surface area contributed by atoms with Crippen LogP contribution < -0.4 is 5.32 Å². The Kier molecular flexibility index (Phi) is 24.2. The van der Waals surface area contributed by atoms with E-state index in [4.69, 9.17) is 23.8 Å². The molecule has 2 fully saturated rings. The highest BCUT2D eigenvalue weighted by Gasteiger charge is 2.44. The highest BCUT2D eigenvalue weighted by Crippen LogP contribution is 2.32. The van der Waals surface area contributed by atoms with Crippen molar-refractivity contribution >= 4 is 47.4 Å². The van der Waals surface area contributed by atoms with Gasteiger partial charge in [0.15, 0.2) is 5.78 Å². The number of rotatable bonds is 26. The summed E-state index contributed by atoms with van der Waals surface area (Å²) in [6.45, 7) is 15.0. The molecule has 4 rings (SSSR count). The van der Waals surface area contributed by atoms with Crippen LogP contribution in [0.4, 0.5) is 4.79 Å². The SMILES string of the molecule is CC[C@H](C)[C@@H]([C@@H](CC(=O)N1CCC[C@H]1[C@H](OC)[C@@H](C)C(=O)N[C@H](C)[C@@H](O)c1ccccc1)OC)N(C)C(=O)[C@@H](CC(=O)[C@H](C(C)C)N(C)C(=O)OC1/C=C/CC(OCC(=O)ON2C(=O)CCC2=O)CCC1)C(C)C. The maximum absolute atomic E-state index is 14.8. The molecule has 12 atom stereocenters. The van der Waals surface area contributed by atoms with Gasteiger partial charge in [0.25, 0.3) is 11.8 Å². The van der Waals surface area contributed by atoms with E-state index in [9.17, 15) is 43.5 Å². The predicted octanol–water partition coefficient (Wildman–Crippen LogP) is 5.96. The lowest BCUT2D eigenvalue weighted by molar-refractivity contribution is -0.201. The molecule has 0 radical (unpaired) electrons. The molecule has 2 aliphatic heterocycles. The highest BCUT2D eigenvalue weighted by molar-refractivity contribution is 6.01. The van der Waals surface area contributed by atoms with E-state index >= 15 is 0 Å². The first-order chi connectivity index (χ1) is 35.1. The third-order valence-electron chi connectivity index (χ3n) is 15.1. The van der Waals surface area contributed by atoms with Crippen molar-refractivity contribution in [1.29, 1.82) is 0 Å². The Morgan fingerprint density at radius 3 is 2.09 bits per heavy atom. The standard InChI is InChI=1S/C55H85N5O14/c1-13-35(6)50(44(70-11)31-47(64)59-29-19-26-42(59)52(71-12)36(7)53(67)56-37(8)51(66)38-20-15-14-16-21-38)57(9)54(68)41(33(2)3)30-43(61)49(34(4)5)58(10)55(69)73-40-24-17-22-39(23-18-25-40)72-32-48(65)74-60-45(62)27-28-46(60)63/h14-17,20-21,24,33-37,39-42,44,49-52,66H,13,18-19,22-23,25-32H2,1-12H3,(H,56,67)/b24-17+/t35-,36+,37+,39?,40?,41-,42-,44+,49-,50-,51+,52+/m0/s1. The number of carbonyl (C=O) groups is 8. The number of ether oxygens (including phenoxy) is 4. The van der Waals surface area contributed by atoms with Gasteiger partial charge in [0, 0.05) is 60.0 Å². The van der Waals surface area contributed by atoms with Crippen molar-refractivity contribution in [2.24, 2.45) is 29.6 Å². The Hall–Kier alpha value is -5.24. The minimum Gasteiger partial charge on any atom is -0.442 e. The van der Waals surface area contributed by atoms with E-state index in [0.29, 0.717) is 62.1 Å². The van der Waals surface area contributed by atoms with E-state index in [0.717, 1.165) is 0 Å². The van der Waals surface area contributed by atoms with Crippen molar-refractivity contribution in [3.8, 4) is 0 Å². The molecule has 2 N–H and O–H groups in total. The summed E-state index contributed by atoms with van der Waals surface area (Å²) in [5, 5.41) is 14.3. The molecule has 19 nitrogen and oxygen atoms in total. The van der Waals surface area contributed by atoms with Gasteiger partial charge in [0.05, 0.1) is 60.9 Å².